The van der Waals surface area contributed by atoms with Crippen LogP contribution in [-0.4, -0.2) is 12.6 Å². The molecule has 1 aliphatic rings. The largest absolute Gasteiger partial charge is 0.313 e. The second-order valence-electron chi connectivity index (χ2n) is 6.82. The number of fused-ring (bicyclic) bond motifs is 1. The van der Waals surface area contributed by atoms with Crippen molar-refractivity contribution in [2.24, 2.45) is 11.3 Å². The summed E-state index contributed by atoms with van der Waals surface area (Å²) in [6, 6.07) is 9.45. The molecule has 0 saturated heterocycles. The van der Waals surface area contributed by atoms with Crippen molar-refractivity contribution < 1.29 is 0 Å². The lowest BCUT2D eigenvalue weighted by molar-refractivity contribution is 0.403. The highest BCUT2D eigenvalue weighted by Crippen LogP contribution is 2.54. The molecule has 2 aromatic rings. The van der Waals surface area contributed by atoms with Crippen LogP contribution < -0.4 is 5.32 Å². The zero-order chi connectivity index (χ0) is 14.2. The molecule has 0 bridgehead atoms. The average molecular weight is 287 g/mol. The summed E-state index contributed by atoms with van der Waals surface area (Å²) in [5, 5.41) is 7.61. The molecule has 108 valence electrons. The van der Waals surface area contributed by atoms with Gasteiger partial charge in [0.05, 0.1) is 0 Å². The molecule has 2 unspecified atom stereocenters. The fourth-order valence-electron chi connectivity index (χ4n) is 3.31. The molecule has 2 heteroatoms. The lowest BCUT2D eigenvalue weighted by atomic mass is 9.97. The Hall–Kier alpha value is -0.860. The highest BCUT2D eigenvalue weighted by Gasteiger charge is 2.49. The molecule has 1 aromatic heterocycles. The molecular formula is C18H25NS. The van der Waals surface area contributed by atoms with Crippen LogP contribution in [-0.2, 0) is 6.42 Å². The molecule has 1 saturated carbocycles. The van der Waals surface area contributed by atoms with Crippen molar-refractivity contribution in [1.29, 1.82) is 0 Å². The van der Waals surface area contributed by atoms with Crippen molar-refractivity contribution in [3.63, 3.8) is 0 Å². The van der Waals surface area contributed by atoms with Gasteiger partial charge in [0.25, 0.3) is 0 Å². The first-order valence-electron chi connectivity index (χ1n) is 7.80. The Morgan fingerprint density at radius 3 is 2.80 bits per heavy atom. The molecule has 1 fully saturated rings. The van der Waals surface area contributed by atoms with Gasteiger partial charge in [-0.05, 0) is 59.5 Å². The van der Waals surface area contributed by atoms with E-state index in [1.807, 2.05) is 11.3 Å². The minimum absolute atomic E-state index is 0.539. The second-order valence-corrected chi connectivity index (χ2v) is 7.73. The van der Waals surface area contributed by atoms with Crippen molar-refractivity contribution in [3.05, 3.63) is 35.2 Å². The molecule has 3 rings (SSSR count). The maximum atomic E-state index is 3.79. The summed E-state index contributed by atoms with van der Waals surface area (Å²) in [5.74, 6) is 0.840. The summed E-state index contributed by atoms with van der Waals surface area (Å²) in [5.41, 5.74) is 2.07. The van der Waals surface area contributed by atoms with Crippen molar-refractivity contribution >= 4 is 21.4 Å². The zero-order valence-corrected chi connectivity index (χ0v) is 13.6. The molecule has 0 spiro atoms. The lowest BCUT2D eigenvalue weighted by Crippen LogP contribution is -2.35. The minimum atomic E-state index is 0.539. The van der Waals surface area contributed by atoms with Gasteiger partial charge in [-0.25, -0.2) is 0 Å². The van der Waals surface area contributed by atoms with Gasteiger partial charge in [-0.15, -0.1) is 11.3 Å². The van der Waals surface area contributed by atoms with E-state index in [4.69, 9.17) is 0 Å². The minimum Gasteiger partial charge on any atom is -0.313 e. The highest BCUT2D eigenvalue weighted by atomic mass is 32.1. The van der Waals surface area contributed by atoms with Crippen LogP contribution >= 0.6 is 11.3 Å². The number of thiophene rings is 1. The van der Waals surface area contributed by atoms with E-state index in [2.05, 4.69) is 55.7 Å². The topological polar surface area (TPSA) is 12.0 Å². The first kappa shape index (κ1) is 14.1. The Bertz CT molecular complexity index is 584. The van der Waals surface area contributed by atoms with Crippen LogP contribution in [0, 0.1) is 11.3 Å². The molecule has 0 amide bonds. The average Bonchev–Trinajstić information content (AvgIpc) is 2.90. The smallest absolute Gasteiger partial charge is 0.0345 e. The number of benzene rings is 1. The fourth-order valence-corrected chi connectivity index (χ4v) is 4.28. The van der Waals surface area contributed by atoms with E-state index in [0.29, 0.717) is 11.5 Å². The van der Waals surface area contributed by atoms with Gasteiger partial charge in [0.1, 0.15) is 0 Å². The van der Waals surface area contributed by atoms with E-state index in [0.717, 1.165) is 12.5 Å². The van der Waals surface area contributed by atoms with Crippen molar-refractivity contribution in [2.75, 3.05) is 6.54 Å². The summed E-state index contributed by atoms with van der Waals surface area (Å²) in [6.07, 6.45) is 3.77. The summed E-state index contributed by atoms with van der Waals surface area (Å²) < 4.78 is 1.42. The van der Waals surface area contributed by atoms with Crippen LogP contribution in [0.15, 0.2) is 29.6 Å². The third-order valence-corrected chi connectivity index (χ3v) is 5.75. The van der Waals surface area contributed by atoms with Gasteiger partial charge in [0, 0.05) is 10.7 Å². The van der Waals surface area contributed by atoms with Crippen LogP contribution in [0.25, 0.3) is 10.1 Å². The van der Waals surface area contributed by atoms with Gasteiger partial charge in [-0.2, -0.15) is 0 Å². The van der Waals surface area contributed by atoms with Crippen LogP contribution in [0.5, 0.6) is 0 Å². The van der Waals surface area contributed by atoms with E-state index >= 15 is 0 Å². The van der Waals surface area contributed by atoms with Crippen LogP contribution in [0.2, 0.25) is 0 Å². The van der Waals surface area contributed by atoms with E-state index in [1.54, 1.807) is 0 Å². The van der Waals surface area contributed by atoms with Crippen molar-refractivity contribution in [1.82, 2.24) is 5.32 Å². The van der Waals surface area contributed by atoms with E-state index in [9.17, 15) is 0 Å². The summed E-state index contributed by atoms with van der Waals surface area (Å²) in [6.45, 7) is 8.20. The van der Waals surface area contributed by atoms with Gasteiger partial charge in [-0.3, -0.25) is 0 Å². The van der Waals surface area contributed by atoms with Gasteiger partial charge < -0.3 is 5.32 Å². The normalized spacial score (nSPS) is 22.1. The van der Waals surface area contributed by atoms with Crippen molar-refractivity contribution in [3.8, 4) is 0 Å². The quantitative estimate of drug-likeness (QED) is 0.800. The first-order valence-corrected chi connectivity index (χ1v) is 8.68. The van der Waals surface area contributed by atoms with Gasteiger partial charge in [0.2, 0.25) is 0 Å². The van der Waals surface area contributed by atoms with Crippen LogP contribution in [0.1, 0.15) is 39.2 Å². The SMILES string of the molecule is CCCNC(Cc1csc2ccccc12)C1CC1(C)C. The Balaban J connectivity index is 1.79. The van der Waals surface area contributed by atoms with E-state index in [1.165, 1.54) is 34.9 Å². The summed E-state index contributed by atoms with van der Waals surface area (Å²) in [4.78, 5) is 0. The van der Waals surface area contributed by atoms with Crippen LogP contribution in [0.3, 0.4) is 0 Å². The maximum Gasteiger partial charge on any atom is 0.0345 e. The number of hydrogen-bond acceptors (Lipinski definition) is 2. The van der Waals surface area contributed by atoms with E-state index < -0.39 is 0 Å². The molecule has 20 heavy (non-hydrogen) atoms. The molecule has 0 radical (unpaired) electrons. The maximum absolute atomic E-state index is 3.79. The summed E-state index contributed by atoms with van der Waals surface area (Å²) >= 11 is 1.88. The number of rotatable bonds is 6. The molecule has 1 heterocycles. The third-order valence-electron chi connectivity index (χ3n) is 4.73. The third kappa shape index (κ3) is 2.77. The zero-order valence-electron chi connectivity index (χ0n) is 12.8. The standard InChI is InChI=1S/C18H25NS/c1-4-9-19-16(15-11-18(15,2)3)10-13-12-20-17-8-6-5-7-14(13)17/h5-8,12,15-16,19H,4,9-11H2,1-3H3. The molecule has 1 nitrogen and oxygen atoms in total. The Kier molecular flexibility index (Phi) is 3.87. The molecule has 0 aliphatic heterocycles. The first-order chi connectivity index (χ1) is 9.62. The molecule has 2 atom stereocenters. The van der Waals surface area contributed by atoms with E-state index in [-0.39, 0.29) is 0 Å². The highest BCUT2D eigenvalue weighted by molar-refractivity contribution is 7.17. The lowest BCUT2D eigenvalue weighted by Gasteiger charge is -2.20. The monoisotopic (exact) mass is 287 g/mol. The Labute approximate surface area is 126 Å². The second kappa shape index (κ2) is 5.50. The molecule has 1 aromatic carbocycles. The van der Waals surface area contributed by atoms with Gasteiger partial charge in [-0.1, -0.05) is 39.0 Å². The predicted molar refractivity (Wildman–Crippen MR) is 89.5 cm³/mol. The van der Waals surface area contributed by atoms with Gasteiger partial charge >= 0.3 is 0 Å². The molecule has 1 N–H and O–H groups in total. The number of nitrogens with one attached hydrogen (secondary N) is 1. The number of hydrogen-bond donors (Lipinski definition) is 1. The van der Waals surface area contributed by atoms with Crippen LogP contribution in [0.4, 0.5) is 0 Å². The predicted octanol–water partition coefficient (Wildman–Crippen LogP) is 4.86. The molecular weight excluding hydrogens is 262 g/mol. The van der Waals surface area contributed by atoms with Crippen molar-refractivity contribution in [2.45, 2.75) is 46.1 Å². The molecule has 1 aliphatic carbocycles. The Morgan fingerprint density at radius 1 is 1.35 bits per heavy atom. The summed E-state index contributed by atoms with van der Waals surface area (Å²) in [7, 11) is 0. The Morgan fingerprint density at radius 2 is 2.10 bits per heavy atom. The fraction of sp³-hybridized carbons (Fsp3) is 0.556. The van der Waals surface area contributed by atoms with Gasteiger partial charge in [0.15, 0.2) is 0 Å².